The molecule has 0 saturated heterocycles. The second-order valence-electron chi connectivity index (χ2n) is 13.0. The summed E-state index contributed by atoms with van der Waals surface area (Å²) in [7, 11) is 0. The number of aliphatic hydroxyl groups is 2. The van der Waals surface area contributed by atoms with Crippen molar-refractivity contribution in [3.05, 3.63) is 12.2 Å². The third-order valence-electron chi connectivity index (χ3n) is 8.78. The van der Waals surface area contributed by atoms with Crippen LogP contribution in [0.15, 0.2) is 12.2 Å². The maximum absolute atomic E-state index is 12.3. The second-order valence-corrected chi connectivity index (χ2v) is 13.0. The average molecular weight is 594 g/mol. The molecular weight excluding hydrogens is 518 g/mol. The Balaban J connectivity index is 3.49. The molecule has 4 nitrogen and oxygen atoms in total. The van der Waals surface area contributed by atoms with Gasteiger partial charge in [-0.15, -0.1) is 0 Å². The van der Waals surface area contributed by atoms with Crippen LogP contribution < -0.4 is 5.32 Å². The van der Waals surface area contributed by atoms with Crippen molar-refractivity contribution in [2.24, 2.45) is 0 Å². The molecule has 2 unspecified atom stereocenters. The lowest BCUT2D eigenvalue weighted by Crippen LogP contribution is -2.45. The summed E-state index contributed by atoms with van der Waals surface area (Å²) in [5, 5.41) is 22.9. The summed E-state index contributed by atoms with van der Waals surface area (Å²) < 4.78 is 0. The van der Waals surface area contributed by atoms with Crippen molar-refractivity contribution in [3.63, 3.8) is 0 Å². The van der Waals surface area contributed by atoms with E-state index in [2.05, 4.69) is 31.3 Å². The maximum Gasteiger partial charge on any atom is 0.220 e. The number of hydrogen-bond acceptors (Lipinski definition) is 3. The zero-order chi connectivity index (χ0) is 30.8. The molecule has 0 heterocycles. The summed E-state index contributed by atoms with van der Waals surface area (Å²) >= 11 is 0. The lowest BCUT2D eigenvalue weighted by Gasteiger charge is -2.22. The molecule has 0 spiro atoms. The zero-order valence-corrected chi connectivity index (χ0v) is 28.5. The lowest BCUT2D eigenvalue weighted by atomic mass is 10.0. The van der Waals surface area contributed by atoms with Gasteiger partial charge in [0.15, 0.2) is 0 Å². The van der Waals surface area contributed by atoms with Gasteiger partial charge in [-0.05, 0) is 38.5 Å². The molecule has 0 aromatic heterocycles. The van der Waals surface area contributed by atoms with E-state index in [9.17, 15) is 15.0 Å². The maximum atomic E-state index is 12.3. The van der Waals surface area contributed by atoms with Crippen LogP contribution >= 0.6 is 0 Å². The summed E-state index contributed by atoms with van der Waals surface area (Å²) in [6, 6.07) is -0.531. The minimum atomic E-state index is -0.653. The normalized spacial score (nSPS) is 13.1. The van der Waals surface area contributed by atoms with Gasteiger partial charge in [-0.25, -0.2) is 0 Å². The van der Waals surface area contributed by atoms with Crippen LogP contribution in [0.25, 0.3) is 0 Å². The Hall–Kier alpha value is -0.870. The van der Waals surface area contributed by atoms with Gasteiger partial charge in [0.05, 0.1) is 18.8 Å². The molecule has 0 aliphatic heterocycles. The Labute approximate surface area is 263 Å². The highest BCUT2D eigenvalue weighted by Crippen LogP contribution is 2.15. The number of carbonyl (C=O) groups excluding carboxylic acids is 1. The van der Waals surface area contributed by atoms with Crippen molar-refractivity contribution >= 4 is 5.91 Å². The molecule has 2 atom stereocenters. The number of aliphatic hydroxyl groups excluding tert-OH is 2. The Morgan fingerprint density at radius 3 is 1.31 bits per heavy atom. The molecule has 42 heavy (non-hydrogen) atoms. The van der Waals surface area contributed by atoms with Gasteiger partial charge < -0.3 is 15.5 Å². The first kappa shape index (κ1) is 41.1. The van der Waals surface area contributed by atoms with Crippen molar-refractivity contribution in [2.75, 3.05) is 6.61 Å². The van der Waals surface area contributed by atoms with E-state index < -0.39 is 12.1 Å². The predicted octanol–water partition coefficient (Wildman–Crippen LogP) is 11.1. The molecule has 0 aromatic rings. The number of rotatable bonds is 34. The summed E-state index contributed by atoms with van der Waals surface area (Å²) in [5.41, 5.74) is 0. The third kappa shape index (κ3) is 30.6. The SMILES string of the molecule is CCCCCCCCCC/C=C\CCCCCCCCCCCC(=O)NC(CO)C(O)CCCCCCCCCCC. The van der Waals surface area contributed by atoms with Crippen LogP contribution in [0.4, 0.5) is 0 Å². The molecule has 4 heteroatoms. The van der Waals surface area contributed by atoms with E-state index in [0.29, 0.717) is 12.8 Å². The van der Waals surface area contributed by atoms with Crippen LogP contribution in [0.3, 0.4) is 0 Å². The Morgan fingerprint density at radius 1 is 0.548 bits per heavy atom. The monoisotopic (exact) mass is 594 g/mol. The molecule has 1 amide bonds. The Kier molecular flexibility index (Phi) is 33.9. The third-order valence-corrected chi connectivity index (χ3v) is 8.78. The summed E-state index contributed by atoms with van der Waals surface area (Å²) in [5.74, 6) is -0.0352. The predicted molar refractivity (Wildman–Crippen MR) is 184 cm³/mol. The van der Waals surface area contributed by atoms with Gasteiger partial charge >= 0.3 is 0 Å². The van der Waals surface area contributed by atoms with Gasteiger partial charge in [-0.1, -0.05) is 174 Å². The van der Waals surface area contributed by atoms with E-state index in [1.165, 1.54) is 154 Å². The van der Waals surface area contributed by atoms with Crippen molar-refractivity contribution in [1.82, 2.24) is 5.32 Å². The van der Waals surface area contributed by atoms with Gasteiger partial charge in [0.2, 0.25) is 5.91 Å². The van der Waals surface area contributed by atoms with Gasteiger partial charge in [-0.3, -0.25) is 4.79 Å². The molecular formula is C38H75NO3. The highest BCUT2D eigenvalue weighted by atomic mass is 16.3. The molecule has 0 aliphatic carbocycles. The molecule has 0 bridgehead atoms. The molecule has 0 saturated carbocycles. The topological polar surface area (TPSA) is 69.6 Å². The van der Waals surface area contributed by atoms with Crippen molar-refractivity contribution in [1.29, 1.82) is 0 Å². The van der Waals surface area contributed by atoms with Crippen LogP contribution in [0.2, 0.25) is 0 Å². The summed E-state index contributed by atoms with van der Waals surface area (Å²) in [6.45, 7) is 4.33. The number of amides is 1. The number of hydrogen-bond donors (Lipinski definition) is 3. The van der Waals surface area contributed by atoms with Crippen molar-refractivity contribution < 1.29 is 15.0 Å². The zero-order valence-electron chi connectivity index (χ0n) is 28.5. The summed E-state index contributed by atoms with van der Waals surface area (Å²) in [4.78, 5) is 12.3. The molecule has 0 fully saturated rings. The molecule has 250 valence electrons. The van der Waals surface area contributed by atoms with Crippen molar-refractivity contribution in [2.45, 2.75) is 219 Å². The molecule has 0 aliphatic rings. The Morgan fingerprint density at radius 2 is 0.905 bits per heavy atom. The highest BCUT2D eigenvalue weighted by Gasteiger charge is 2.19. The number of nitrogens with one attached hydrogen (secondary N) is 1. The standard InChI is InChI=1S/C38H75NO3/c1-3-5-7-9-11-13-14-15-16-17-18-19-20-21-22-23-24-26-28-30-32-34-38(42)39-36(35-40)37(41)33-31-29-27-25-12-10-8-6-4-2/h17-18,36-37,40-41H,3-16,19-35H2,1-2H3,(H,39,42)/b18-17-. The first-order valence-electron chi connectivity index (χ1n) is 18.9. The largest absolute Gasteiger partial charge is 0.394 e. The fraction of sp³-hybridized carbons (Fsp3) is 0.921. The van der Waals surface area contributed by atoms with Crippen LogP contribution in [0.1, 0.15) is 206 Å². The first-order chi connectivity index (χ1) is 20.7. The smallest absolute Gasteiger partial charge is 0.220 e. The highest BCUT2D eigenvalue weighted by molar-refractivity contribution is 5.76. The van der Waals surface area contributed by atoms with E-state index in [1.54, 1.807) is 0 Å². The van der Waals surface area contributed by atoms with Crippen LogP contribution in [0, 0.1) is 0 Å². The van der Waals surface area contributed by atoms with Gasteiger partial charge in [0.25, 0.3) is 0 Å². The molecule has 3 N–H and O–H groups in total. The van der Waals surface area contributed by atoms with E-state index in [0.717, 1.165) is 25.7 Å². The van der Waals surface area contributed by atoms with Crippen LogP contribution in [-0.2, 0) is 4.79 Å². The number of unbranched alkanes of at least 4 members (excludes halogenated alkanes) is 25. The van der Waals surface area contributed by atoms with Gasteiger partial charge in [0.1, 0.15) is 0 Å². The fourth-order valence-corrected chi connectivity index (χ4v) is 5.82. The first-order valence-corrected chi connectivity index (χ1v) is 18.9. The Bertz CT molecular complexity index is 565. The van der Waals surface area contributed by atoms with Gasteiger partial charge in [-0.2, -0.15) is 0 Å². The van der Waals surface area contributed by atoms with Crippen LogP contribution in [0.5, 0.6) is 0 Å². The van der Waals surface area contributed by atoms with E-state index in [-0.39, 0.29) is 12.5 Å². The summed E-state index contributed by atoms with van der Waals surface area (Å²) in [6.07, 6.45) is 41.3. The number of allylic oxidation sites excluding steroid dienone is 2. The fourth-order valence-electron chi connectivity index (χ4n) is 5.82. The van der Waals surface area contributed by atoms with Crippen LogP contribution in [-0.4, -0.2) is 34.9 Å². The molecule has 0 rings (SSSR count). The lowest BCUT2D eigenvalue weighted by molar-refractivity contribution is -0.123. The quantitative estimate of drug-likeness (QED) is 0.0513. The second kappa shape index (κ2) is 34.6. The van der Waals surface area contributed by atoms with E-state index in [1.807, 2.05) is 0 Å². The minimum absolute atomic E-state index is 0.0352. The molecule has 0 aromatic carbocycles. The average Bonchev–Trinajstić information content (AvgIpc) is 2.99. The van der Waals surface area contributed by atoms with E-state index in [4.69, 9.17) is 0 Å². The van der Waals surface area contributed by atoms with Gasteiger partial charge in [0, 0.05) is 6.42 Å². The minimum Gasteiger partial charge on any atom is -0.394 e. The van der Waals surface area contributed by atoms with Crippen molar-refractivity contribution in [3.8, 4) is 0 Å². The van der Waals surface area contributed by atoms with E-state index >= 15 is 0 Å². The number of carbonyl (C=O) groups is 1. The molecule has 0 radical (unpaired) electrons.